The lowest BCUT2D eigenvalue weighted by Gasteiger charge is -2.30. The molecule has 10 heteroatoms. The van der Waals surface area contributed by atoms with Crippen LogP contribution in [-0.4, -0.2) is 69.2 Å². The zero-order chi connectivity index (χ0) is 24.3. The average molecular weight is 508 g/mol. The summed E-state index contributed by atoms with van der Waals surface area (Å²) in [6.45, 7) is 1.88. The molecule has 2 N–H and O–H groups in total. The first-order valence-electron chi connectivity index (χ1n) is 11.2. The molecule has 1 fully saturated rings. The monoisotopic (exact) mass is 507 g/mol. The first kappa shape index (κ1) is 24.9. The fraction of sp³-hybridized carbons (Fsp3) is 0.500. The molecule has 8 nitrogen and oxygen atoms in total. The zero-order valence-corrected chi connectivity index (χ0v) is 21.1. The maximum absolute atomic E-state index is 13.0. The van der Waals surface area contributed by atoms with Crippen molar-refractivity contribution in [3.63, 3.8) is 0 Å². The molecule has 34 heavy (non-hydrogen) atoms. The van der Waals surface area contributed by atoms with Gasteiger partial charge < -0.3 is 24.4 Å². The van der Waals surface area contributed by atoms with Crippen LogP contribution in [0.5, 0.6) is 0 Å². The van der Waals surface area contributed by atoms with E-state index in [0.717, 1.165) is 36.5 Å². The minimum Gasteiger partial charge on any atom is -0.422 e. The Bertz CT molecular complexity index is 1020. The van der Waals surface area contributed by atoms with Crippen LogP contribution in [0.25, 0.3) is 0 Å². The predicted octanol–water partition coefficient (Wildman–Crippen LogP) is 3.85. The third-order valence-electron chi connectivity index (χ3n) is 6.46. The molecule has 0 aromatic carbocycles. The second-order valence-corrected chi connectivity index (χ2v) is 10.5. The van der Waals surface area contributed by atoms with Gasteiger partial charge in [-0.05, 0) is 42.8 Å². The fourth-order valence-corrected chi connectivity index (χ4v) is 5.54. The van der Waals surface area contributed by atoms with E-state index in [1.165, 1.54) is 11.1 Å². The molecule has 1 saturated carbocycles. The van der Waals surface area contributed by atoms with Gasteiger partial charge in [0.25, 0.3) is 5.91 Å². The number of ether oxygens (including phenoxy) is 3. The summed E-state index contributed by atoms with van der Waals surface area (Å²) in [5.41, 5.74) is 1.99. The number of likely N-dealkylation sites (N-methyl/N-ethyl adjacent to an activating group) is 1. The molecule has 0 bridgehead atoms. The molecule has 2 heterocycles. The van der Waals surface area contributed by atoms with Crippen molar-refractivity contribution < 1.29 is 23.8 Å². The lowest BCUT2D eigenvalue weighted by Crippen LogP contribution is -2.52. The van der Waals surface area contributed by atoms with E-state index in [4.69, 9.17) is 25.8 Å². The Morgan fingerprint density at radius 1 is 1.15 bits per heavy atom. The van der Waals surface area contributed by atoms with Crippen LogP contribution in [0.2, 0.25) is 4.34 Å². The number of rotatable bonds is 6. The van der Waals surface area contributed by atoms with E-state index in [-0.39, 0.29) is 31.0 Å². The first-order chi connectivity index (χ1) is 16.3. The van der Waals surface area contributed by atoms with Gasteiger partial charge in [0.2, 0.25) is 0 Å². The van der Waals surface area contributed by atoms with Gasteiger partial charge in [0.1, 0.15) is 0 Å². The van der Waals surface area contributed by atoms with Gasteiger partial charge in [-0.25, -0.2) is 4.79 Å². The predicted molar refractivity (Wildman–Crippen MR) is 131 cm³/mol. The topological polar surface area (TPSA) is 89.1 Å². The number of carbonyl (C=O) groups excluding carboxylic acids is 2. The van der Waals surface area contributed by atoms with Gasteiger partial charge in [-0.3, -0.25) is 10.1 Å². The molecular weight excluding hydrogens is 478 g/mol. The number of carbonyl (C=O) groups is 2. The van der Waals surface area contributed by atoms with E-state index < -0.39 is 11.8 Å². The third-order valence-corrected chi connectivity index (χ3v) is 7.69. The molecular formula is C24H30ClN3O5S. The molecule has 2 unspecified atom stereocenters. The van der Waals surface area contributed by atoms with Gasteiger partial charge in [-0.1, -0.05) is 23.8 Å². The molecule has 2 amide bonds. The van der Waals surface area contributed by atoms with E-state index in [0.29, 0.717) is 15.6 Å². The van der Waals surface area contributed by atoms with Gasteiger partial charge in [-0.2, -0.15) is 0 Å². The number of alkyl carbamates (subject to hydrolysis) is 1. The maximum atomic E-state index is 13.0. The number of nitrogens with zero attached hydrogens (tertiary/aromatic N) is 1. The third kappa shape index (κ3) is 5.72. The molecule has 0 spiro atoms. The Balaban J connectivity index is 1.48. The number of nitrogens with one attached hydrogen (secondary N) is 2. The molecule has 4 rings (SSSR count). The van der Waals surface area contributed by atoms with Gasteiger partial charge in [0.05, 0.1) is 21.4 Å². The molecule has 1 aromatic heterocycles. The van der Waals surface area contributed by atoms with Crippen LogP contribution in [-0.2, 0) is 14.2 Å². The van der Waals surface area contributed by atoms with E-state index in [2.05, 4.69) is 34.7 Å². The Kier molecular flexibility index (Phi) is 7.79. The summed E-state index contributed by atoms with van der Waals surface area (Å²) in [6.07, 6.45) is 7.01. The number of thiophene rings is 1. The van der Waals surface area contributed by atoms with Crippen LogP contribution in [0, 0.1) is 0 Å². The quantitative estimate of drug-likeness (QED) is 0.568. The number of allylic oxidation sites excluding steroid dienone is 3. The highest BCUT2D eigenvalue weighted by Gasteiger charge is 2.50. The van der Waals surface area contributed by atoms with Crippen LogP contribution in [0.15, 0.2) is 47.2 Å². The van der Waals surface area contributed by atoms with Gasteiger partial charge in [-0.15, -0.1) is 11.3 Å². The average Bonchev–Trinajstić information content (AvgIpc) is 3.34. The number of hydrogen-bond donors (Lipinski definition) is 2. The molecule has 1 aliphatic heterocycles. The zero-order valence-electron chi connectivity index (χ0n) is 19.6. The van der Waals surface area contributed by atoms with Crippen LogP contribution in [0.1, 0.15) is 35.4 Å². The summed E-state index contributed by atoms with van der Waals surface area (Å²) >= 11 is 7.15. The number of amides is 2. The van der Waals surface area contributed by atoms with Crippen molar-refractivity contribution >= 4 is 34.9 Å². The maximum Gasteiger partial charge on any atom is 0.413 e. The van der Waals surface area contributed by atoms with E-state index in [1.54, 1.807) is 26.4 Å². The van der Waals surface area contributed by atoms with E-state index >= 15 is 0 Å². The van der Waals surface area contributed by atoms with Crippen LogP contribution >= 0.6 is 22.9 Å². The summed E-state index contributed by atoms with van der Waals surface area (Å²) in [7, 11) is 5.24. The molecule has 0 radical (unpaired) electrons. The van der Waals surface area contributed by atoms with Gasteiger partial charge in [0.15, 0.2) is 5.72 Å². The molecule has 3 aliphatic rings. The molecule has 184 valence electrons. The lowest BCUT2D eigenvalue weighted by atomic mass is 9.94. The number of hydrogen-bond acceptors (Lipinski definition) is 7. The second kappa shape index (κ2) is 10.6. The van der Waals surface area contributed by atoms with Crippen LogP contribution < -0.4 is 10.6 Å². The van der Waals surface area contributed by atoms with Gasteiger partial charge in [0, 0.05) is 52.3 Å². The fourth-order valence-electron chi connectivity index (χ4n) is 4.60. The minimum atomic E-state index is -1.28. The highest BCUT2D eigenvalue weighted by Crippen LogP contribution is 2.36. The Hall–Kier alpha value is -2.17. The molecule has 2 atom stereocenters. The van der Waals surface area contributed by atoms with Crippen molar-refractivity contribution in [2.24, 2.45) is 0 Å². The van der Waals surface area contributed by atoms with E-state index in [1.807, 2.05) is 6.08 Å². The van der Waals surface area contributed by atoms with E-state index in [9.17, 15) is 9.59 Å². The number of methoxy groups -OCH3 is 2. The summed E-state index contributed by atoms with van der Waals surface area (Å²) in [6, 6.07) is 3.30. The van der Waals surface area contributed by atoms with Gasteiger partial charge >= 0.3 is 6.09 Å². The summed E-state index contributed by atoms with van der Waals surface area (Å²) in [5, 5.41) is 5.77. The Morgan fingerprint density at radius 3 is 2.53 bits per heavy atom. The number of halogens is 1. The van der Waals surface area contributed by atoms with Crippen molar-refractivity contribution in [1.82, 2.24) is 15.5 Å². The highest BCUT2D eigenvalue weighted by molar-refractivity contribution is 7.18. The number of fused-ring (bicyclic) bond motifs is 1. The Labute approximate surface area is 208 Å². The molecule has 0 saturated heterocycles. The van der Waals surface area contributed by atoms with Crippen LogP contribution in [0.4, 0.5) is 4.79 Å². The SMILES string of the molecule is COC1CC(NC(=O)c2ccc(Cl)s2)(OC(=O)NC2=CC=C3CCN(C)CC=C3C2)CC1OC. The van der Waals surface area contributed by atoms with Crippen LogP contribution in [0.3, 0.4) is 0 Å². The standard InChI is InChI=1S/C24H30ClN3O5S/c1-28-10-8-15-4-5-17(12-16(15)9-11-28)26-23(30)33-24(13-18(31-2)19(14-24)32-3)27-22(29)20-6-7-21(25)34-20/h4-7,9,18-19H,8,10-14H2,1-3H3,(H,26,30)(H,27,29). The van der Waals surface area contributed by atoms with Crippen molar-refractivity contribution in [1.29, 1.82) is 0 Å². The Morgan fingerprint density at radius 2 is 1.88 bits per heavy atom. The molecule has 2 aliphatic carbocycles. The molecule has 1 aromatic rings. The smallest absolute Gasteiger partial charge is 0.413 e. The lowest BCUT2D eigenvalue weighted by molar-refractivity contribution is -0.0180. The highest BCUT2D eigenvalue weighted by atomic mass is 35.5. The summed E-state index contributed by atoms with van der Waals surface area (Å²) in [5.74, 6) is -0.367. The minimum absolute atomic E-state index is 0.265. The summed E-state index contributed by atoms with van der Waals surface area (Å²) in [4.78, 5) is 28.6. The van der Waals surface area contributed by atoms with Crippen molar-refractivity contribution in [3.8, 4) is 0 Å². The van der Waals surface area contributed by atoms with Crippen molar-refractivity contribution in [2.75, 3.05) is 34.4 Å². The van der Waals surface area contributed by atoms with Crippen molar-refractivity contribution in [2.45, 2.75) is 43.6 Å². The summed E-state index contributed by atoms with van der Waals surface area (Å²) < 4.78 is 17.5. The largest absolute Gasteiger partial charge is 0.422 e. The second-order valence-electron chi connectivity index (χ2n) is 8.83. The van der Waals surface area contributed by atoms with Crippen molar-refractivity contribution in [3.05, 3.63) is 56.4 Å². The normalized spacial score (nSPS) is 27.1. The first-order valence-corrected chi connectivity index (χ1v) is 12.4.